The standard InChI is InChI=1S/C16H17FN2O2/c17-12-3-1-2-11-8-14(21-15(11)12)16(20)18-13-9-19-6-4-10(13)5-7-19/h1-3,8,10,13H,4-7,9H2,(H,18,20)/t13-/m1/s1. The van der Waals surface area contributed by atoms with E-state index >= 15 is 0 Å². The number of nitrogens with zero attached hydrogens (tertiary/aromatic N) is 1. The zero-order valence-corrected chi connectivity index (χ0v) is 11.6. The van der Waals surface area contributed by atoms with E-state index in [4.69, 9.17) is 4.42 Å². The second kappa shape index (κ2) is 4.84. The van der Waals surface area contributed by atoms with Crippen molar-refractivity contribution < 1.29 is 13.6 Å². The summed E-state index contributed by atoms with van der Waals surface area (Å²) in [5.74, 6) is 0.0605. The van der Waals surface area contributed by atoms with Crippen molar-refractivity contribution in [1.82, 2.24) is 10.2 Å². The van der Waals surface area contributed by atoms with Crippen molar-refractivity contribution in [3.05, 3.63) is 35.8 Å². The highest BCUT2D eigenvalue weighted by Crippen LogP contribution is 2.28. The van der Waals surface area contributed by atoms with Gasteiger partial charge in [-0.25, -0.2) is 4.39 Å². The van der Waals surface area contributed by atoms with Crippen LogP contribution >= 0.6 is 0 Å². The predicted octanol–water partition coefficient (Wildman–Crippen LogP) is 2.40. The molecule has 4 nitrogen and oxygen atoms in total. The average Bonchev–Trinajstić information content (AvgIpc) is 2.94. The molecule has 1 aromatic heterocycles. The monoisotopic (exact) mass is 288 g/mol. The third-order valence-electron chi connectivity index (χ3n) is 4.69. The van der Waals surface area contributed by atoms with Crippen LogP contribution in [0.15, 0.2) is 28.7 Å². The molecule has 0 unspecified atom stereocenters. The number of piperidine rings is 3. The highest BCUT2D eigenvalue weighted by molar-refractivity contribution is 5.96. The maximum atomic E-state index is 13.6. The van der Waals surface area contributed by atoms with Crippen LogP contribution in [0.2, 0.25) is 0 Å². The number of hydrogen-bond donors (Lipinski definition) is 1. The summed E-state index contributed by atoms with van der Waals surface area (Å²) in [6.45, 7) is 3.17. The Morgan fingerprint density at radius 1 is 1.33 bits per heavy atom. The Morgan fingerprint density at radius 3 is 2.81 bits per heavy atom. The van der Waals surface area contributed by atoms with Gasteiger partial charge in [0.15, 0.2) is 17.2 Å². The third-order valence-corrected chi connectivity index (χ3v) is 4.69. The third kappa shape index (κ3) is 2.21. The van der Waals surface area contributed by atoms with E-state index in [1.807, 2.05) is 0 Å². The van der Waals surface area contributed by atoms with Gasteiger partial charge < -0.3 is 14.6 Å². The molecule has 0 saturated carbocycles. The summed E-state index contributed by atoms with van der Waals surface area (Å²) in [7, 11) is 0. The minimum absolute atomic E-state index is 0.150. The van der Waals surface area contributed by atoms with Gasteiger partial charge in [-0.05, 0) is 44.0 Å². The second-order valence-corrected chi connectivity index (χ2v) is 5.99. The fourth-order valence-electron chi connectivity index (χ4n) is 3.51. The molecule has 0 radical (unpaired) electrons. The van der Waals surface area contributed by atoms with Gasteiger partial charge in [0, 0.05) is 18.0 Å². The van der Waals surface area contributed by atoms with Crippen LogP contribution < -0.4 is 5.32 Å². The number of rotatable bonds is 2. The molecule has 1 N–H and O–H groups in total. The number of amides is 1. The van der Waals surface area contributed by atoms with Gasteiger partial charge in [0.1, 0.15) is 0 Å². The van der Waals surface area contributed by atoms with Gasteiger partial charge in [-0.2, -0.15) is 0 Å². The Kier molecular flexibility index (Phi) is 2.96. The first-order chi connectivity index (χ1) is 10.2. The Bertz CT molecular complexity index is 689. The molecule has 2 bridgehead atoms. The van der Waals surface area contributed by atoms with Gasteiger partial charge in [-0.1, -0.05) is 12.1 Å². The van der Waals surface area contributed by atoms with Crippen LogP contribution in [0, 0.1) is 11.7 Å². The minimum Gasteiger partial charge on any atom is -0.448 e. The molecule has 1 amide bonds. The first kappa shape index (κ1) is 12.8. The lowest BCUT2D eigenvalue weighted by atomic mass is 9.84. The predicted molar refractivity (Wildman–Crippen MR) is 76.6 cm³/mol. The van der Waals surface area contributed by atoms with E-state index in [1.54, 1.807) is 18.2 Å². The molecule has 2 aromatic rings. The van der Waals surface area contributed by atoms with Crippen molar-refractivity contribution in [3.8, 4) is 0 Å². The van der Waals surface area contributed by atoms with Crippen molar-refractivity contribution in [1.29, 1.82) is 0 Å². The molecule has 0 spiro atoms. The van der Waals surface area contributed by atoms with E-state index in [1.165, 1.54) is 6.07 Å². The van der Waals surface area contributed by atoms with E-state index in [0.717, 1.165) is 32.5 Å². The number of hydrogen-bond acceptors (Lipinski definition) is 3. The number of halogens is 1. The Morgan fingerprint density at radius 2 is 2.14 bits per heavy atom. The Balaban J connectivity index is 1.55. The highest BCUT2D eigenvalue weighted by atomic mass is 19.1. The van der Waals surface area contributed by atoms with Crippen LogP contribution in [0.3, 0.4) is 0 Å². The summed E-state index contributed by atoms with van der Waals surface area (Å²) in [5.41, 5.74) is 0.150. The minimum atomic E-state index is -0.436. The Hall–Kier alpha value is -1.88. The van der Waals surface area contributed by atoms with E-state index in [2.05, 4.69) is 10.2 Å². The van der Waals surface area contributed by atoms with Crippen molar-refractivity contribution in [2.75, 3.05) is 19.6 Å². The average molecular weight is 288 g/mol. The van der Waals surface area contributed by atoms with Gasteiger partial charge in [-0.3, -0.25) is 4.79 Å². The molecule has 3 aliphatic rings. The van der Waals surface area contributed by atoms with Crippen molar-refractivity contribution >= 4 is 16.9 Å². The molecule has 0 aliphatic carbocycles. The first-order valence-electron chi connectivity index (χ1n) is 7.42. The molecule has 5 heteroatoms. The normalized spacial score (nSPS) is 28.0. The summed E-state index contributed by atoms with van der Waals surface area (Å²) >= 11 is 0. The van der Waals surface area contributed by atoms with Crippen LogP contribution in [0.4, 0.5) is 4.39 Å². The highest BCUT2D eigenvalue weighted by Gasteiger charge is 2.35. The number of para-hydroxylation sites is 1. The van der Waals surface area contributed by atoms with Crippen LogP contribution in [0.1, 0.15) is 23.4 Å². The number of furan rings is 1. The summed E-state index contributed by atoms with van der Waals surface area (Å²) in [4.78, 5) is 14.7. The largest absolute Gasteiger partial charge is 0.448 e. The SMILES string of the molecule is O=C(N[C@@H]1CN2CCC1CC2)c1cc2cccc(F)c2o1. The number of carbonyl (C=O) groups excluding carboxylic acids is 1. The van der Waals surface area contributed by atoms with Crippen molar-refractivity contribution in [2.24, 2.45) is 5.92 Å². The second-order valence-electron chi connectivity index (χ2n) is 5.99. The smallest absolute Gasteiger partial charge is 0.287 e. The lowest BCUT2D eigenvalue weighted by Crippen LogP contribution is -2.57. The zero-order valence-electron chi connectivity index (χ0n) is 11.6. The van der Waals surface area contributed by atoms with Gasteiger partial charge in [-0.15, -0.1) is 0 Å². The molecule has 5 rings (SSSR count). The van der Waals surface area contributed by atoms with E-state index < -0.39 is 5.82 Å². The summed E-state index contributed by atoms with van der Waals surface area (Å²) in [5, 5.41) is 3.67. The topological polar surface area (TPSA) is 45.5 Å². The molecule has 1 atom stereocenters. The fourth-order valence-corrected chi connectivity index (χ4v) is 3.51. The number of fused-ring (bicyclic) bond motifs is 4. The van der Waals surface area contributed by atoms with Gasteiger partial charge in [0.2, 0.25) is 0 Å². The molecule has 4 heterocycles. The molecular formula is C16H17FN2O2. The Labute approximate surface area is 121 Å². The molecule has 1 aromatic carbocycles. The number of carbonyl (C=O) groups is 1. The van der Waals surface area contributed by atoms with Crippen LogP contribution in [-0.4, -0.2) is 36.5 Å². The first-order valence-corrected chi connectivity index (χ1v) is 7.42. The van der Waals surface area contributed by atoms with E-state index in [0.29, 0.717) is 11.3 Å². The molecule has 3 aliphatic heterocycles. The lowest BCUT2D eigenvalue weighted by molar-refractivity contribution is 0.0607. The molecular weight excluding hydrogens is 271 g/mol. The van der Waals surface area contributed by atoms with Crippen LogP contribution in [-0.2, 0) is 0 Å². The van der Waals surface area contributed by atoms with E-state index in [9.17, 15) is 9.18 Å². The number of benzene rings is 1. The summed E-state index contributed by atoms with van der Waals surface area (Å²) in [6, 6.07) is 6.48. The molecule has 3 saturated heterocycles. The quantitative estimate of drug-likeness (QED) is 0.923. The molecule has 21 heavy (non-hydrogen) atoms. The van der Waals surface area contributed by atoms with E-state index in [-0.39, 0.29) is 23.3 Å². The molecule has 3 fully saturated rings. The van der Waals surface area contributed by atoms with Gasteiger partial charge in [0.25, 0.3) is 5.91 Å². The summed E-state index contributed by atoms with van der Waals surface area (Å²) in [6.07, 6.45) is 2.28. The van der Waals surface area contributed by atoms with Crippen LogP contribution in [0.5, 0.6) is 0 Å². The fraction of sp³-hybridized carbons (Fsp3) is 0.438. The maximum absolute atomic E-state index is 13.6. The van der Waals surface area contributed by atoms with Gasteiger partial charge in [0.05, 0.1) is 0 Å². The maximum Gasteiger partial charge on any atom is 0.287 e. The number of nitrogens with one attached hydrogen (secondary N) is 1. The summed E-state index contributed by atoms with van der Waals surface area (Å²) < 4.78 is 19.0. The van der Waals surface area contributed by atoms with Crippen molar-refractivity contribution in [2.45, 2.75) is 18.9 Å². The zero-order chi connectivity index (χ0) is 14.4. The van der Waals surface area contributed by atoms with Gasteiger partial charge >= 0.3 is 0 Å². The van der Waals surface area contributed by atoms with Crippen LogP contribution in [0.25, 0.3) is 11.0 Å². The lowest BCUT2D eigenvalue weighted by Gasteiger charge is -2.44. The molecule has 110 valence electrons. The van der Waals surface area contributed by atoms with Crippen molar-refractivity contribution in [3.63, 3.8) is 0 Å².